The first-order valence-electron chi connectivity index (χ1n) is 9.55. The highest BCUT2D eigenvalue weighted by Crippen LogP contribution is 2.19. The molecule has 5 nitrogen and oxygen atoms in total. The van der Waals surface area contributed by atoms with Crippen molar-refractivity contribution in [2.75, 3.05) is 45.9 Å². The number of piperazine rings is 1. The van der Waals surface area contributed by atoms with Gasteiger partial charge in [-0.2, -0.15) is 0 Å². The van der Waals surface area contributed by atoms with Crippen molar-refractivity contribution in [3.05, 3.63) is 29.3 Å². The molecule has 0 atom stereocenters. The van der Waals surface area contributed by atoms with Crippen LogP contribution in [0.5, 0.6) is 5.75 Å². The standard InChI is InChI=1S/C20H33N3O2/c1-17-7-8-18(2)19(16-17)25-15-4-3-6-20(24)22-9-5-12-23-13-10-21-11-14-23/h7-8,16,21H,3-6,9-15H2,1-2H3,(H,22,24). The molecule has 0 bridgehead atoms. The van der Waals surface area contributed by atoms with Gasteiger partial charge in [-0.25, -0.2) is 0 Å². The van der Waals surface area contributed by atoms with E-state index in [4.69, 9.17) is 4.74 Å². The third kappa shape index (κ3) is 7.88. The topological polar surface area (TPSA) is 53.6 Å². The Bertz CT molecular complexity index is 528. The van der Waals surface area contributed by atoms with Gasteiger partial charge in [-0.05, 0) is 56.8 Å². The SMILES string of the molecule is Cc1ccc(C)c(OCCCCC(=O)NCCCN2CCNCC2)c1. The summed E-state index contributed by atoms with van der Waals surface area (Å²) >= 11 is 0. The molecule has 1 heterocycles. The Balaban J connectivity index is 1.47. The highest BCUT2D eigenvalue weighted by atomic mass is 16.5. The van der Waals surface area contributed by atoms with Gasteiger partial charge in [0.05, 0.1) is 6.61 Å². The maximum atomic E-state index is 11.9. The summed E-state index contributed by atoms with van der Waals surface area (Å²) in [5.74, 6) is 1.12. The van der Waals surface area contributed by atoms with Crippen LogP contribution in [0.3, 0.4) is 0 Å². The molecule has 1 aromatic rings. The summed E-state index contributed by atoms with van der Waals surface area (Å²) < 4.78 is 5.82. The minimum absolute atomic E-state index is 0.159. The monoisotopic (exact) mass is 347 g/mol. The number of carbonyl (C=O) groups excluding carboxylic acids is 1. The normalized spacial score (nSPS) is 15.1. The summed E-state index contributed by atoms with van der Waals surface area (Å²) in [6.45, 7) is 11.0. The number of nitrogens with zero attached hydrogens (tertiary/aromatic N) is 1. The number of unbranched alkanes of at least 4 members (excludes halogenated alkanes) is 1. The van der Waals surface area contributed by atoms with Crippen LogP contribution in [0.25, 0.3) is 0 Å². The summed E-state index contributed by atoms with van der Waals surface area (Å²) in [7, 11) is 0. The average Bonchev–Trinajstić information content (AvgIpc) is 2.62. The summed E-state index contributed by atoms with van der Waals surface area (Å²) in [5, 5.41) is 6.38. The van der Waals surface area contributed by atoms with E-state index in [1.807, 2.05) is 0 Å². The van der Waals surface area contributed by atoms with E-state index >= 15 is 0 Å². The van der Waals surface area contributed by atoms with E-state index in [0.717, 1.165) is 69.8 Å². The Labute approximate surface area is 152 Å². The highest BCUT2D eigenvalue weighted by molar-refractivity contribution is 5.75. The fourth-order valence-corrected chi connectivity index (χ4v) is 2.99. The lowest BCUT2D eigenvalue weighted by atomic mass is 10.1. The van der Waals surface area contributed by atoms with Crippen molar-refractivity contribution in [2.24, 2.45) is 0 Å². The number of hydrogen-bond acceptors (Lipinski definition) is 4. The summed E-state index contributed by atoms with van der Waals surface area (Å²) in [5.41, 5.74) is 2.37. The predicted octanol–water partition coefficient (Wildman–Crippen LogP) is 2.26. The third-order valence-corrected chi connectivity index (χ3v) is 4.58. The molecule has 0 aliphatic carbocycles. The minimum Gasteiger partial charge on any atom is -0.493 e. The molecule has 1 amide bonds. The molecule has 0 saturated carbocycles. The lowest BCUT2D eigenvalue weighted by molar-refractivity contribution is -0.121. The number of nitrogens with one attached hydrogen (secondary N) is 2. The number of rotatable bonds is 10. The summed E-state index contributed by atoms with van der Waals surface area (Å²) in [4.78, 5) is 14.3. The number of ether oxygens (including phenoxy) is 1. The van der Waals surface area contributed by atoms with Crippen molar-refractivity contribution >= 4 is 5.91 Å². The largest absolute Gasteiger partial charge is 0.493 e. The Morgan fingerprint density at radius 2 is 2.00 bits per heavy atom. The zero-order chi connectivity index (χ0) is 17.9. The quantitative estimate of drug-likeness (QED) is 0.638. The van der Waals surface area contributed by atoms with Crippen LogP contribution in [-0.4, -0.2) is 56.7 Å². The van der Waals surface area contributed by atoms with E-state index in [2.05, 4.69) is 47.6 Å². The number of carbonyl (C=O) groups is 1. The second kappa shape index (κ2) is 11.1. The van der Waals surface area contributed by atoms with E-state index < -0.39 is 0 Å². The summed E-state index contributed by atoms with van der Waals surface area (Å²) in [6.07, 6.45) is 3.39. The molecule has 1 saturated heterocycles. The maximum Gasteiger partial charge on any atom is 0.219 e. The van der Waals surface area contributed by atoms with Gasteiger partial charge < -0.3 is 20.3 Å². The molecule has 2 N–H and O–H groups in total. The van der Waals surface area contributed by atoms with Crippen LogP contribution in [0.1, 0.15) is 36.8 Å². The van der Waals surface area contributed by atoms with E-state index in [-0.39, 0.29) is 5.91 Å². The van der Waals surface area contributed by atoms with Crippen molar-refractivity contribution in [3.63, 3.8) is 0 Å². The number of aryl methyl sites for hydroxylation is 2. The van der Waals surface area contributed by atoms with Gasteiger partial charge in [0.2, 0.25) is 5.91 Å². The van der Waals surface area contributed by atoms with Crippen LogP contribution in [0, 0.1) is 13.8 Å². The van der Waals surface area contributed by atoms with Crippen molar-refractivity contribution in [2.45, 2.75) is 39.5 Å². The lowest BCUT2D eigenvalue weighted by Gasteiger charge is -2.27. The molecule has 2 rings (SSSR count). The van der Waals surface area contributed by atoms with Crippen molar-refractivity contribution in [1.29, 1.82) is 0 Å². The predicted molar refractivity (Wildman–Crippen MR) is 102 cm³/mol. The molecule has 0 aromatic heterocycles. The molecular formula is C20H33N3O2. The lowest BCUT2D eigenvalue weighted by Crippen LogP contribution is -2.44. The number of hydrogen-bond donors (Lipinski definition) is 2. The first-order valence-corrected chi connectivity index (χ1v) is 9.55. The Kier molecular flexibility index (Phi) is 8.77. The first kappa shape index (κ1) is 19.7. The second-order valence-corrected chi connectivity index (χ2v) is 6.87. The van der Waals surface area contributed by atoms with Crippen LogP contribution in [0.4, 0.5) is 0 Å². The van der Waals surface area contributed by atoms with Gasteiger partial charge in [-0.1, -0.05) is 12.1 Å². The summed E-state index contributed by atoms with van der Waals surface area (Å²) in [6, 6.07) is 6.24. The van der Waals surface area contributed by atoms with Gasteiger partial charge >= 0.3 is 0 Å². The molecular weight excluding hydrogens is 314 g/mol. The Morgan fingerprint density at radius 1 is 1.20 bits per heavy atom. The molecule has 0 unspecified atom stereocenters. The maximum absolute atomic E-state index is 11.9. The fourth-order valence-electron chi connectivity index (χ4n) is 2.99. The van der Waals surface area contributed by atoms with Gasteiger partial charge in [-0.15, -0.1) is 0 Å². The molecule has 1 aliphatic heterocycles. The second-order valence-electron chi connectivity index (χ2n) is 6.87. The van der Waals surface area contributed by atoms with E-state index in [0.29, 0.717) is 13.0 Å². The molecule has 1 aliphatic rings. The van der Waals surface area contributed by atoms with Gasteiger partial charge in [0, 0.05) is 39.1 Å². The smallest absolute Gasteiger partial charge is 0.219 e. The van der Waals surface area contributed by atoms with E-state index in [1.54, 1.807) is 0 Å². The molecule has 25 heavy (non-hydrogen) atoms. The number of benzene rings is 1. The van der Waals surface area contributed by atoms with Gasteiger partial charge in [0.1, 0.15) is 5.75 Å². The van der Waals surface area contributed by atoms with Crippen molar-refractivity contribution < 1.29 is 9.53 Å². The molecule has 140 valence electrons. The molecule has 5 heteroatoms. The third-order valence-electron chi connectivity index (χ3n) is 4.58. The fraction of sp³-hybridized carbons (Fsp3) is 0.650. The molecule has 1 fully saturated rings. The number of amides is 1. The van der Waals surface area contributed by atoms with Crippen LogP contribution in [0.15, 0.2) is 18.2 Å². The van der Waals surface area contributed by atoms with Crippen molar-refractivity contribution in [1.82, 2.24) is 15.5 Å². The van der Waals surface area contributed by atoms with Crippen LogP contribution >= 0.6 is 0 Å². The first-order chi connectivity index (χ1) is 12.1. The van der Waals surface area contributed by atoms with Crippen LogP contribution < -0.4 is 15.4 Å². The van der Waals surface area contributed by atoms with Gasteiger partial charge in [0.25, 0.3) is 0 Å². The van der Waals surface area contributed by atoms with Gasteiger partial charge in [-0.3, -0.25) is 4.79 Å². The average molecular weight is 348 g/mol. The molecule has 0 spiro atoms. The molecule has 1 aromatic carbocycles. The van der Waals surface area contributed by atoms with E-state index in [9.17, 15) is 4.79 Å². The zero-order valence-corrected chi connectivity index (χ0v) is 15.8. The minimum atomic E-state index is 0.159. The van der Waals surface area contributed by atoms with Gasteiger partial charge in [0.15, 0.2) is 0 Å². The van der Waals surface area contributed by atoms with Crippen LogP contribution in [0.2, 0.25) is 0 Å². The Morgan fingerprint density at radius 3 is 2.80 bits per heavy atom. The molecule has 0 radical (unpaired) electrons. The Hall–Kier alpha value is -1.59. The van der Waals surface area contributed by atoms with E-state index in [1.165, 1.54) is 5.56 Å². The van der Waals surface area contributed by atoms with Crippen molar-refractivity contribution in [3.8, 4) is 5.75 Å². The van der Waals surface area contributed by atoms with Crippen LogP contribution in [-0.2, 0) is 4.79 Å². The zero-order valence-electron chi connectivity index (χ0n) is 15.8. The highest BCUT2D eigenvalue weighted by Gasteiger charge is 2.08.